The monoisotopic (exact) mass is 370 g/mol. The number of methoxy groups -OCH3 is 1. The summed E-state index contributed by atoms with van der Waals surface area (Å²) in [7, 11) is 1.31. The number of esters is 1. The summed E-state index contributed by atoms with van der Waals surface area (Å²) in [5.74, 6) is -0.290. The zero-order valence-corrected chi connectivity index (χ0v) is 14.8. The minimum absolute atomic E-state index is 0.0366. The van der Waals surface area contributed by atoms with E-state index in [1.807, 2.05) is 0 Å². The summed E-state index contributed by atoms with van der Waals surface area (Å²) in [6.07, 6.45) is 0. The van der Waals surface area contributed by atoms with Gasteiger partial charge in [0, 0.05) is 10.7 Å². The summed E-state index contributed by atoms with van der Waals surface area (Å²) >= 11 is 5.89. The van der Waals surface area contributed by atoms with Gasteiger partial charge in [-0.25, -0.2) is 14.5 Å². The van der Waals surface area contributed by atoms with Crippen LogP contribution in [0.25, 0.3) is 5.69 Å². The molecule has 0 aliphatic carbocycles. The lowest BCUT2D eigenvalue weighted by Crippen LogP contribution is -2.14. The van der Waals surface area contributed by atoms with Gasteiger partial charge in [-0.15, -0.1) is 5.10 Å². The Balaban J connectivity index is 1.77. The average molecular weight is 371 g/mol. The predicted molar refractivity (Wildman–Crippen MR) is 96.8 cm³/mol. The number of aryl methyl sites for hydroxylation is 1. The number of aromatic nitrogens is 3. The quantitative estimate of drug-likeness (QED) is 0.712. The highest BCUT2D eigenvalue weighted by Gasteiger charge is 2.16. The van der Waals surface area contributed by atoms with E-state index in [1.165, 1.54) is 7.11 Å². The molecule has 1 amide bonds. The number of ether oxygens (including phenoxy) is 1. The van der Waals surface area contributed by atoms with Gasteiger partial charge in [-0.1, -0.05) is 11.6 Å². The third-order valence-electron chi connectivity index (χ3n) is 3.61. The average Bonchev–Trinajstić information content (AvgIpc) is 3.04. The summed E-state index contributed by atoms with van der Waals surface area (Å²) in [5, 5.41) is 7.55. The molecule has 2 aromatic carbocycles. The molecule has 8 heteroatoms. The van der Waals surface area contributed by atoms with Crippen molar-refractivity contribution in [3.8, 4) is 5.69 Å². The maximum atomic E-state index is 12.4. The lowest BCUT2D eigenvalue weighted by atomic mass is 10.2. The van der Waals surface area contributed by atoms with E-state index in [9.17, 15) is 9.59 Å². The zero-order chi connectivity index (χ0) is 18.7. The highest BCUT2D eigenvalue weighted by atomic mass is 35.5. The van der Waals surface area contributed by atoms with Crippen molar-refractivity contribution < 1.29 is 14.3 Å². The van der Waals surface area contributed by atoms with E-state index < -0.39 is 11.9 Å². The van der Waals surface area contributed by atoms with Crippen LogP contribution in [-0.2, 0) is 4.74 Å². The number of hydrogen-bond acceptors (Lipinski definition) is 5. The Bertz CT molecular complexity index is 950. The Morgan fingerprint density at radius 2 is 1.73 bits per heavy atom. The van der Waals surface area contributed by atoms with Crippen molar-refractivity contribution in [3.05, 3.63) is 70.8 Å². The van der Waals surface area contributed by atoms with Crippen LogP contribution in [0.3, 0.4) is 0 Å². The van der Waals surface area contributed by atoms with Crippen LogP contribution in [0.5, 0.6) is 0 Å². The lowest BCUT2D eigenvalue weighted by Gasteiger charge is -2.04. The molecule has 0 spiro atoms. The molecule has 3 aromatic rings. The smallest absolute Gasteiger partial charge is 0.337 e. The first-order valence-electron chi connectivity index (χ1n) is 7.67. The summed E-state index contributed by atoms with van der Waals surface area (Å²) in [4.78, 5) is 28.0. The first-order valence-corrected chi connectivity index (χ1v) is 8.05. The van der Waals surface area contributed by atoms with E-state index in [1.54, 1.807) is 60.1 Å². The second-order valence-electron chi connectivity index (χ2n) is 5.39. The molecule has 0 unspecified atom stereocenters. The van der Waals surface area contributed by atoms with Gasteiger partial charge in [0.15, 0.2) is 0 Å². The van der Waals surface area contributed by atoms with Gasteiger partial charge >= 0.3 is 5.97 Å². The second kappa shape index (κ2) is 7.37. The fourth-order valence-corrected chi connectivity index (χ4v) is 2.43. The fraction of sp³-hybridized carbons (Fsp3) is 0.111. The number of carbonyl (C=O) groups is 2. The van der Waals surface area contributed by atoms with Gasteiger partial charge in [-0.2, -0.15) is 0 Å². The Labute approximate surface area is 154 Å². The number of nitrogens with zero attached hydrogens (tertiary/aromatic N) is 3. The van der Waals surface area contributed by atoms with Crippen LogP contribution in [0.2, 0.25) is 5.02 Å². The Morgan fingerprint density at radius 3 is 2.35 bits per heavy atom. The molecule has 132 valence electrons. The van der Waals surface area contributed by atoms with Crippen LogP contribution in [0.4, 0.5) is 5.69 Å². The standard InChI is InChI=1S/C18H15ClN4O3/c1-11-20-16(22-23(11)15-9-5-13(19)6-10-15)17(24)21-14-7-3-12(4-8-14)18(25)26-2/h3-10H,1-2H3,(H,21,24). The molecule has 0 aliphatic rings. The van der Waals surface area contributed by atoms with Crippen molar-refractivity contribution >= 4 is 29.2 Å². The number of nitrogens with one attached hydrogen (secondary N) is 1. The molecule has 0 aliphatic heterocycles. The fourth-order valence-electron chi connectivity index (χ4n) is 2.31. The van der Waals surface area contributed by atoms with Gasteiger partial charge in [-0.3, -0.25) is 4.79 Å². The molecule has 0 radical (unpaired) electrons. The summed E-state index contributed by atoms with van der Waals surface area (Å²) in [6, 6.07) is 13.4. The first kappa shape index (κ1) is 17.6. The van der Waals surface area contributed by atoms with Crippen LogP contribution < -0.4 is 5.32 Å². The molecule has 1 N–H and O–H groups in total. The number of amides is 1. The van der Waals surface area contributed by atoms with Gasteiger partial charge in [0.1, 0.15) is 5.82 Å². The van der Waals surface area contributed by atoms with E-state index in [2.05, 4.69) is 20.1 Å². The number of rotatable bonds is 4. The van der Waals surface area contributed by atoms with Gasteiger partial charge < -0.3 is 10.1 Å². The van der Waals surface area contributed by atoms with Crippen LogP contribution in [0, 0.1) is 6.92 Å². The third-order valence-corrected chi connectivity index (χ3v) is 3.86. The Morgan fingerprint density at radius 1 is 1.08 bits per heavy atom. The SMILES string of the molecule is COC(=O)c1ccc(NC(=O)c2nc(C)n(-c3ccc(Cl)cc3)n2)cc1. The molecule has 3 rings (SSSR count). The molecular formula is C18H15ClN4O3. The topological polar surface area (TPSA) is 86.1 Å². The minimum Gasteiger partial charge on any atom is -0.465 e. The number of anilines is 1. The molecule has 0 saturated heterocycles. The summed E-state index contributed by atoms with van der Waals surface area (Å²) < 4.78 is 6.20. The Hall–Kier alpha value is -3.19. The van der Waals surface area contributed by atoms with Crippen LogP contribution in [-0.4, -0.2) is 33.8 Å². The molecule has 1 aromatic heterocycles. The molecule has 0 saturated carbocycles. The van der Waals surface area contributed by atoms with E-state index in [0.29, 0.717) is 22.1 Å². The van der Waals surface area contributed by atoms with E-state index in [-0.39, 0.29) is 5.82 Å². The molecular weight excluding hydrogens is 356 g/mol. The van der Waals surface area contributed by atoms with E-state index in [0.717, 1.165) is 5.69 Å². The van der Waals surface area contributed by atoms with E-state index >= 15 is 0 Å². The van der Waals surface area contributed by atoms with Gasteiger partial charge in [-0.05, 0) is 55.5 Å². The second-order valence-corrected chi connectivity index (χ2v) is 5.83. The van der Waals surface area contributed by atoms with E-state index in [4.69, 9.17) is 11.6 Å². The highest BCUT2D eigenvalue weighted by molar-refractivity contribution is 6.30. The van der Waals surface area contributed by atoms with Crippen molar-refractivity contribution in [2.45, 2.75) is 6.92 Å². The molecule has 1 heterocycles. The first-order chi connectivity index (χ1) is 12.5. The summed E-state index contributed by atoms with van der Waals surface area (Å²) in [6.45, 7) is 1.75. The molecule has 0 atom stereocenters. The van der Waals surface area contributed by atoms with Gasteiger partial charge in [0.05, 0.1) is 18.4 Å². The van der Waals surface area contributed by atoms with Crippen molar-refractivity contribution in [1.82, 2.24) is 14.8 Å². The highest BCUT2D eigenvalue weighted by Crippen LogP contribution is 2.15. The van der Waals surface area contributed by atoms with Crippen molar-refractivity contribution in [2.75, 3.05) is 12.4 Å². The van der Waals surface area contributed by atoms with Gasteiger partial charge in [0.25, 0.3) is 5.91 Å². The molecule has 0 fully saturated rings. The minimum atomic E-state index is -0.452. The van der Waals surface area contributed by atoms with Crippen LogP contribution in [0.15, 0.2) is 48.5 Å². The van der Waals surface area contributed by atoms with Crippen molar-refractivity contribution in [2.24, 2.45) is 0 Å². The number of benzene rings is 2. The normalized spacial score (nSPS) is 10.4. The van der Waals surface area contributed by atoms with Crippen molar-refractivity contribution in [3.63, 3.8) is 0 Å². The van der Waals surface area contributed by atoms with Gasteiger partial charge in [0.2, 0.25) is 5.82 Å². The third kappa shape index (κ3) is 3.73. The number of hydrogen-bond donors (Lipinski definition) is 1. The number of halogens is 1. The Kier molecular flexibility index (Phi) is 4.99. The molecule has 26 heavy (non-hydrogen) atoms. The number of carbonyl (C=O) groups excluding carboxylic acids is 2. The largest absolute Gasteiger partial charge is 0.465 e. The lowest BCUT2D eigenvalue weighted by molar-refractivity contribution is 0.0600. The van der Waals surface area contributed by atoms with Crippen LogP contribution >= 0.6 is 11.6 Å². The maximum absolute atomic E-state index is 12.4. The van der Waals surface area contributed by atoms with Crippen LogP contribution in [0.1, 0.15) is 26.8 Å². The predicted octanol–water partition coefficient (Wildman–Crippen LogP) is 3.27. The molecule has 0 bridgehead atoms. The zero-order valence-electron chi connectivity index (χ0n) is 14.1. The summed E-state index contributed by atoms with van der Waals surface area (Å²) in [5.41, 5.74) is 1.66. The molecule has 7 nitrogen and oxygen atoms in total. The van der Waals surface area contributed by atoms with Crippen molar-refractivity contribution in [1.29, 1.82) is 0 Å². The maximum Gasteiger partial charge on any atom is 0.337 e.